The molecule has 0 heterocycles. The highest BCUT2D eigenvalue weighted by molar-refractivity contribution is 8.21. The summed E-state index contributed by atoms with van der Waals surface area (Å²) in [6.07, 6.45) is 0. The Labute approximate surface area is 191 Å². The maximum Gasteiger partial charge on any atom is 0.111 e. The molecule has 3 aromatic carbocycles. The van der Waals surface area contributed by atoms with Crippen LogP contribution in [0.3, 0.4) is 0 Å². The fraction of sp³-hybridized carbons (Fsp3) is 0.120. The van der Waals surface area contributed by atoms with Crippen LogP contribution >= 0.6 is 46.9 Å². The first-order chi connectivity index (χ1) is 14.3. The summed E-state index contributed by atoms with van der Waals surface area (Å²) >= 11 is 11.7. The van der Waals surface area contributed by atoms with Crippen LogP contribution in [0.1, 0.15) is 16.7 Å². The minimum absolute atomic E-state index is 0.632. The molecule has 3 rings (SSSR count). The third-order valence-corrected chi connectivity index (χ3v) is 7.75. The molecule has 0 nitrogen and oxygen atoms in total. The standard InChI is InChI=1S/C25H21ClS3/c26-24(16-17-27-18-21-10-4-1-5-11-21)25(28-19-22-12-6-2-7-13-22)29-20-23-14-8-3-9-15-23/h1-15H,18-20H2. The van der Waals surface area contributed by atoms with E-state index < -0.39 is 0 Å². The van der Waals surface area contributed by atoms with Crippen molar-refractivity contribution < 1.29 is 0 Å². The predicted molar refractivity (Wildman–Crippen MR) is 134 cm³/mol. The van der Waals surface area contributed by atoms with Crippen molar-refractivity contribution in [3.8, 4) is 11.2 Å². The Morgan fingerprint density at radius 1 is 0.621 bits per heavy atom. The Kier molecular flexibility index (Phi) is 9.69. The summed E-state index contributed by atoms with van der Waals surface area (Å²) in [7, 11) is 0. The first-order valence-electron chi connectivity index (χ1n) is 9.21. The lowest BCUT2D eigenvalue weighted by Gasteiger charge is -2.08. The summed E-state index contributed by atoms with van der Waals surface area (Å²) in [5.74, 6) is 5.77. The molecule has 0 aliphatic rings. The molecule has 0 fully saturated rings. The summed E-state index contributed by atoms with van der Waals surface area (Å²) < 4.78 is 1.08. The molecule has 0 aliphatic heterocycles. The number of thioether (sulfide) groups is 3. The van der Waals surface area contributed by atoms with Crippen LogP contribution in [0.15, 0.2) is 100 Å². The molecule has 4 heteroatoms. The largest absolute Gasteiger partial charge is 0.112 e. The molecule has 0 amide bonds. The topological polar surface area (TPSA) is 0 Å². The van der Waals surface area contributed by atoms with Gasteiger partial charge in [0.2, 0.25) is 0 Å². The molecule has 0 atom stereocenters. The zero-order chi connectivity index (χ0) is 20.2. The van der Waals surface area contributed by atoms with Crippen LogP contribution in [-0.4, -0.2) is 0 Å². The van der Waals surface area contributed by atoms with Crippen LogP contribution in [0.25, 0.3) is 0 Å². The van der Waals surface area contributed by atoms with Gasteiger partial charge >= 0.3 is 0 Å². The second-order valence-electron chi connectivity index (χ2n) is 6.15. The van der Waals surface area contributed by atoms with Crippen LogP contribution in [0.4, 0.5) is 0 Å². The highest BCUT2D eigenvalue weighted by Gasteiger charge is 2.07. The van der Waals surface area contributed by atoms with Gasteiger partial charge in [-0.15, -0.1) is 23.5 Å². The summed E-state index contributed by atoms with van der Waals surface area (Å²) in [6.45, 7) is 0. The number of hydrogen-bond acceptors (Lipinski definition) is 3. The molecule has 0 unspecified atom stereocenters. The van der Waals surface area contributed by atoms with Crippen LogP contribution in [0.2, 0.25) is 0 Å². The number of hydrogen-bond donors (Lipinski definition) is 0. The first-order valence-corrected chi connectivity index (χ1v) is 12.5. The molecule has 0 spiro atoms. The molecule has 3 aromatic rings. The molecule has 0 radical (unpaired) electrons. The Morgan fingerprint density at radius 3 is 1.48 bits per heavy atom. The monoisotopic (exact) mass is 452 g/mol. The van der Waals surface area contributed by atoms with E-state index in [-0.39, 0.29) is 0 Å². The second-order valence-corrected chi connectivity index (χ2v) is 9.54. The molecule has 29 heavy (non-hydrogen) atoms. The maximum absolute atomic E-state index is 6.61. The van der Waals surface area contributed by atoms with Crippen molar-refractivity contribution >= 4 is 46.9 Å². The first kappa shape index (κ1) is 22.0. The van der Waals surface area contributed by atoms with Gasteiger partial charge in [-0.1, -0.05) is 114 Å². The van der Waals surface area contributed by atoms with Gasteiger partial charge in [0.05, 0.1) is 4.24 Å². The summed E-state index contributed by atoms with van der Waals surface area (Å²) in [5, 5.41) is 3.79. The predicted octanol–water partition coefficient (Wildman–Crippen LogP) is 8.16. The summed E-state index contributed by atoms with van der Waals surface area (Å²) in [6, 6.07) is 31.3. The van der Waals surface area contributed by atoms with Gasteiger partial charge in [0, 0.05) is 17.3 Å². The zero-order valence-electron chi connectivity index (χ0n) is 15.9. The van der Waals surface area contributed by atoms with E-state index in [4.69, 9.17) is 11.6 Å². The van der Waals surface area contributed by atoms with Crippen molar-refractivity contribution in [3.63, 3.8) is 0 Å². The minimum Gasteiger partial charge on any atom is -0.112 e. The molecule has 146 valence electrons. The van der Waals surface area contributed by atoms with Crippen molar-refractivity contribution in [3.05, 3.63) is 117 Å². The van der Waals surface area contributed by atoms with E-state index in [0.717, 1.165) is 21.5 Å². The quantitative estimate of drug-likeness (QED) is 0.316. The Bertz CT molecular complexity index is 913. The van der Waals surface area contributed by atoms with Gasteiger partial charge in [-0.05, 0) is 27.9 Å². The third kappa shape index (κ3) is 8.28. The molecule has 0 saturated carbocycles. The minimum atomic E-state index is 0.632. The molecule has 0 saturated heterocycles. The zero-order valence-corrected chi connectivity index (χ0v) is 19.1. The lowest BCUT2D eigenvalue weighted by atomic mass is 10.2. The molecule has 0 bridgehead atoms. The number of halogens is 1. The van der Waals surface area contributed by atoms with E-state index in [1.54, 1.807) is 35.3 Å². The lowest BCUT2D eigenvalue weighted by Crippen LogP contribution is -1.84. The number of allylic oxidation sites excluding steroid dienone is 1. The van der Waals surface area contributed by atoms with Gasteiger partial charge in [-0.3, -0.25) is 0 Å². The van der Waals surface area contributed by atoms with E-state index in [1.165, 1.54) is 16.7 Å². The highest BCUT2D eigenvalue weighted by atomic mass is 35.5. The van der Waals surface area contributed by atoms with E-state index in [2.05, 4.69) is 84.0 Å². The SMILES string of the molecule is ClC(C#CSCc1ccccc1)=C(SCc1ccccc1)SCc1ccccc1. The molecular formula is C25H21ClS3. The maximum atomic E-state index is 6.61. The van der Waals surface area contributed by atoms with Gasteiger partial charge in [0.1, 0.15) is 5.03 Å². The normalized spacial score (nSPS) is 10.1. The van der Waals surface area contributed by atoms with E-state index in [9.17, 15) is 0 Å². The van der Waals surface area contributed by atoms with Crippen molar-refractivity contribution in [2.45, 2.75) is 17.3 Å². The lowest BCUT2D eigenvalue weighted by molar-refractivity contribution is 1.42. The van der Waals surface area contributed by atoms with Gasteiger partial charge in [-0.2, -0.15) is 0 Å². The van der Waals surface area contributed by atoms with Crippen LogP contribution < -0.4 is 0 Å². The fourth-order valence-corrected chi connectivity index (χ4v) is 5.50. The van der Waals surface area contributed by atoms with Gasteiger partial charge in [0.15, 0.2) is 0 Å². The molecule has 0 N–H and O–H groups in total. The fourth-order valence-electron chi connectivity index (χ4n) is 2.44. The second kappa shape index (κ2) is 12.8. The van der Waals surface area contributed by atoms with Gasteiger partial charge in [-0.25, -0.2) is 0 Å². The number of rotatable bonds is 8. The van der Waals surface area contributed by atoms with Gasteiger partial charge < -0.3 is 0 Å². The van der Waals surface area contributed by atoms with Crippen molar-refractivity contribution in [1.29, 1.82) is 0 Å². The van der Waals surface area contributed by atoms with Crippen molar-refractivity contribution in [2.75, 3.05) is 0 Å². The van der Waals surface area contributed by atoms with Crippen molar-refractivity contribution in [1.82, 2.24) is 0 Å². The van der Waals surface area contributed by atoms with E-state index >= 15 is 0 Å². The summed E-state index contributed by atoms with van der Waals surface area (Å²) in [4.78, 5) is 0. The van der Waals surface area contributed by atoms with Crippen molar-refractivity contribution in [2.24, 2.45) is 0 Å². The van der Waals surface area contributed by atoms with Crippen LogP contribution in [0.5, 0.6) is 0 Å². The summed E-state index contributed by atoms with van der Waals surface area (Å²) in [5.41, 5.74) is 3.83. The van der Waals surface area contributed by atoms with E-state index in [1.807, 2.05) is 18.2 Å². The van der Waals surface area contributed by atoms with Crippen LogP contribution in [-0.2, 0) is 17.3 Å². The smallest absolute Gasteiger partial charge is 0.111 e. The Hall–Kier alpha value is -1.70. The third-order valence-electron chi connectivity index (χ3n) is 3.92. The molecular weight excluding hydrogens is 432 g/mol. The highest BCUT2D eigenvalue weighted by Crippen LogP contribution is 2.37. The number of benzene rings is 3. The van der Waals surface area contributed by atoms with Gasteiger partial charge in [0.25, 0.3) is 0 Å². The average molecular weight is 453 g/mol. The Balaban J connectivity index is 1.65. The molecule has 0 aliphatic carbocycles. The molecule has 0 aromatic heterocycles. The average Bonchev–Trinajstić information content (AvgIpc) is 2.79. The van der Waals surface area contributed by atoms with E-state index in [0.29, 0.717) is 5.03 Å². The Morgan fingerprint density at radius 2 is 1.03 bits per heavy atom. The van der Waals surface area contributed by atoms with Crippen LogP contribution in [0, 0.1) is 11.2 Å².